The summed E-state index contributed by atoms with van der Waals surface area (Å²) in [5.74, 6) is 0.934. The Morgan fingerprint density at radius 1 is 0.600 bits per heavy atom. The second kappa shape index (κ2) is 9.65. The van der Waals surface area contributed by atoms with E-state index < -0.39 is 0 Å². The third kappa shape index (κ3) is 6.09. The lowest BCUT2D eigenvalue weighted by Gasteiger charge is -2.08. The Kier molecular flexibility index (Phi) is 6.66. The molecular formula is C23H25NO. The van der Waals surface area contributed by atoms with Gasteiger partial charge in [0.15, 0.2) is 0 Å². The minimum absolute atomic E-state index is 0.707. The van der Waals surface area contributed by atoms with Gasteiger partial charge in [0, 0.05) is 13.0 Å². The zero-order chi connectivity index (χ0) is 17.2. The third-order valence-electron chi connectivity index (χ3n) is 4.19. The Labute approximate surface area is 150 Å². The lowest BCUT2D eigenvalue weighted by atomic mass is 10.1. The summed E-state index contributed by atoms with van der Waals surface area (Å²) in [7, 11) is 0. The molecule has 0 fully saturated rings. The van der Waals surface area contributed by atoms with Crippen LogP contribution in [0.5, 0.6) is 5.75 Å². The van der Waals surface area contributed by atoms with Gasteiger partial charge in [-0.1, -0.05) is 72.8 Å². The summed E-state index contributed by atoms with van der Waals surface area (Å²) in [6.45, 7) is 2.58. The summed E-state index contributed by atoms with van der Waals surface area (Å²) in [6.07, 6.45) is 1.99. The predicted molar refractivity (Wildman–Crippen MR) is 104 cm³/mol. The second-order valence-electron chi connectivity index (χ2n) is 6.14. The van der Waals surface area contributed by atoms with E-state index in [1.165, 1.54) is 16.7 Å². The molecule has 128 valence electrons. The van der Waals surface area contributed by atoms with E-state index in [1.54, 1.807) is 0 Å². The first-order valence-corrected chi connectivity index (χ1v) is 8.90. The van der Waals surface area contributed by atoms with Gasteiger partial charge >= 0.3 is 0 Å². The Hall–Kier alpha value is -2.58. The highest BCUT2D eigenvalue weighted by molar-refractivity contribution is 5.27. The first-order valence-electron chi connectivity index (χ1n) is 8.90. The van der Waals surface area contributed by atoms with Crippen LogP contribution in [0.2, 0.25) is 0 Å². The monoisotopic (exact) mass is 331 g/mol. The van der Waals surface area contributed by atoms with Crippen molar-refractivity contribution in [3.8, 4) is 5.75 Å². The summed E-state index contributed by atoms with van der Waals surface area (Å²) < 4.78 is 5.83. The third-order valence-corrected chi connectivity index (χ3v) is 4.19. The van der Waals surface area contributed by atoms with Gasteiger partial charge in [-0.05, 0) is 41.8 Å². The minimum Gasteiger partial charge on any atom is -0.493 e. The fourth-order valence-corrected chi connectivity index (χ4v) is 2.75. The van der Waals surface area contributed by atoms with Crippen LogP contribution in [0.4, 0.5) is 0 Å². The maximum Gasteiger partial charge on any atom is 0.119 e. The fraction of sp³-hybridized carbons (Fsp3) is 0.217. The van der Waals surface area contributed by atoms with Gasteiger partial charge in [0.2, 0.25) is 0 Å². The summed E-state index contributed by atoms with van der Waals surface area (Å²) in [5, 5.41) is 3.49. The number of hydrogen-bond acceptors (Lipinski definition) is 2. The Bertz CT molecular complexity index is 723. The molecule has 3 rings (SSSR count). The maximum atomic E-state index is 5.83. The summed E-state index contributed by atoms with van der Waals surface area (Å²) in [5.41, 5.74) is 3.96. The number of ether oxygens (including phenoxy) is 1. The van der Waals surface area contributed by atoms with Crippen molar-refractivity contribution in [2.24, 2.45) is 0 Å². The summed E-state index contributed by atoms with van der Waals surface area (Å²) in [6, 6.07) is 29.4. The van der Waals surface area contributed by atoms with Gasteiger partial charge < -0.3 is 10.1 Å². The molecule has 0 aliphatic rings. The normalized spacial score (nSPS) is 10.6. The molecule has 0 heterocycles. The van der Waals surface area contributed by atoms with Crippen LogP contribution in [0.1, 0.15) is 16.7 Å². The van der Waals surface area contributed by atoms with Crippen molar-refractivity contribution < 1.29 is 4.74 Å². The predicted octanol–water partition coefficient (Wildman–Crippen LogP) is 4.64. The Balaban J connectivity index is 1.35. The van der Waals surface area contributed by atoms with Crippen molar-refractivity contribution in [1.29, 1.82) is 0 Å². The van der Waals surface area contributed by atoms with E-state index >= 15 is 0 Å². The van der Waals surface area contributed by atoms with Crippen molar-refractivity contribution in [2.45, 2.75) is 19.4 Å². The smallest absolute Gasteiger partial charge is 0.119 e. The van der Waals surface area contributed by atoms with Gasteiger partial charge in [-0.15, -0.1) is 0 Å². The number of nitrogens with one attached hydrogen (secondary N) is 1. The quantitative estimate of drug-likeness (QED) is 0.577. The molecule has 0 aliphatic carbocycles. The van der Waals surface area contributed by atoms with Gasteiger partial charge in [-0.25, -0.2) is 0 Å². The van der Waals surface area contributed by atoms with Crippen molar-refractivity contribution in [1.82, 2.24) is 5.32 Å². The highest BCUT2D eigenvalue weighted by atomic mass is 16.5. The molecule has 0 radical (unpaired) electrons. The molecule has 25 heavy (non-hydrogen) atoms. The molecular weight excluding hydrogens is 306 g/mol. The van der Waals surface area contributed by atoms with Gasteiger partial charge in [-0.2, -0.15) is 0 Å². The van der Waals surface area contributed by atoms with Gasteiger partial charge in [0.05, 0.1) is 6.61 Å². The molecule has 3 aromatic rings. The minimum atomic E-state index is 0.707. The molecule has 0 aliphatic heterocycles. The molecule has 2 heteroatoms. The van der Waals surface area contributed by atoms with E-state index in [9.17, 15) is 0 Å². The molecule has 0 spiro atoms. The first kappa shape index (κ1) is 17.2. The average molecular weight is 331 g/mol. The Morgan fingerprint density at radius 2 is 1.20 bits per heavy atom. The largest absolute Gasteiger partial charge is 0.493 e. The van der Waals surface area contributed by atoms with Gasteiger partial charge in [-0.3, -0.25) is 0 Å². The standard InChI is InChI=1S/C23H25NO/c1-3-7-20(8-4-1)15-17-24-19-22-11-13-23(14-12-22)25-18-16-21-9-5-2-6-10-21/h1-14,24H,15-19H2. The average Bonchev–Trinajstić information content (AvgIpc) is 2.68. The number of benzene rings is 3. The highest BCUT2D eigenvalue weighted by Crippen LogP contribution is 2.13. The molecule has 0 bridgehead atoms. The van der Waals surface area contributed by atoms with Crippen LogP contribution in [0, 0.1) is 0 Å². The van der Waals surface area contributed by atoms with Crippen molar-refractivity contribution in [2.75, 3.05) is 13.2 Å². The second-order valence-corrected chi connectivity index (χ2v) is 6.14. The fourth-order valence-electron chi connectivity index (χ4n) is 2.75. The molecule has 0 atom stereocenters. The number of hydrogen-bond donors (Lipinski definition) is 1. The lowest BCUT2D eigenvalue weighted by Crippen LogP contribution is -2.16. The van der Waals surface area contributed by atoms with Crippen molar-refractivity contribution in [3.63, 3.8) is 0 Å². The molecule has 1 N–H and O–H groups in total. The molecule has 0 saturated heterocycles. The zero-order valence-corrected chi connectivity index (χ0v) is 14.5. The molecule has 3 aromatic carbocycles. The van der Waals surface area contributed by atoms with E-state index in [2.05, 4.69) is 84.2 Å². The van der Waals surface area contributed by atoms with Crippen LogP contribution in [-0.4, -0.2) is 13.2 Å². The topological polar surface area (TPSA) is 21.3 Å². The maximum absolute atomic E-state index is 5.83. The van der Waals surface area contributed by atoms with E-state index in [4.69, 9.17) is 4.74 Å². The molecule has 0 aromatic heterocycles. The van der Waals surface area contributed by atoms with Crippen molar-refractivity contribution >= 4 is 0 Å². The first-order chi connectivity index (χ1) is 12.4. The van der Waals surface area contributed by atoms with Crippen LogP contribution in [0.25, 0.3) is 0 Å². The van der Waals surface area contributed by atoms with E-state index in [1.807, 2.05) is 6.07 Å². The van der Waals surface area contributed by atoms with E-state index in [0.29, 0.717) is 6.61 Å². The van der Waals surface area contributed by atoms with Gasteiger partial charge in [0.1, 0.15) is 5.75 Å². The summed E-state index contributed by atoms with van der Waals surface area (Å²) >= 11 is 0. The highest BCUT2D eigenvalue weighted by Gasteiger charge is 1.98. The van der Waals surface area contributed by atoms with Crippen molar-refractivity contribution in [3.05, 3.63) is 102 Å². The van der Waals surface area contributed by atoms with Crippen LogP contribution in [-0.2, 0) is 19.4 Å². The lowest BCUT2D eigenvalue weighted by molar-refractivity contribution is 0.322. The van der Waals surface area contributed by atoms with E-state index in [0.717, 1.165) is 31.7 Å². The SMILES string of the molecule is c1ccc(CCNCc2ccc(OCCc3ccccc3)cc2)cc1. The van der Waals surface area contributed by atoms with E-state index in [-0.39, 0.29) is 0 Å². The van der Waals surface area contributed by atoms with Gasteiger partial charge in [0.25, 0.3) is 0 Å². The van der Waals surface area contributed by atoms with Crippen LogP contribution in [0.15, 0.2) is 84.9 Å². The molecule has 2 nitrogen and oxygen atoms in total. The van der Waals surface area contributed by atoms with Crippen LogP contribution >= 0.6 is 0 Å². The molecule has 0 saturated carbocycles. The molecule has 0 unspecified atom stereocenters. The number of rotatable bonds is 9. The Morgan fingerprint density at radius 3 is 1.84 bits per heavy atom. The summed E-state index contributed by atoms with van der Waals surface area (Å²) in [4.78, 5) is 0. The van der Waals surface area contributed by atoms with Crippen LogP contribution < -0.4 is 10.1 Å². The molecule has 0 amide bonds. The zero-order valence-electron chi connectivity index (χ0n) is 14.5. The van der Waals surface area contributed by atoms with Crippen LogP contribution in [0.3, 0.4) is 0 Å².